The van der Waals surface area contributed by atoms with Gasteiger partial charge in [-0.3, -0.25) is 4.79 Å². The fraction of sp³-hybridized carbons (Fsp3) is 0.250. The van der Waals surface area contributed by atoms with E-state index < -0.39 is 5.60 Å². The van der Waals surface area contributed by atoms with Crippen molar-refractivity contribution in [2.75, 3.05) is 6.54 Å². The smallest absolute Gasteiger partial charge is 0.236 e. The van der Waals surface area contributed by atoms with E-state index in [-0.39, 0.29) is 18.9 Å². The van der Waals surface area contributed by atoms with Gasteiger partial charge in [0.25, 0.3) is 0 Å². The van der Waals surface area contributed by atoms with Gasteiger partial charge in [0.1, 0.15) is 17.6 Å². The second-order valence-electron chi connectivity index (χ2n) is 5.33. The van der Waals surface area contributed by atoms with Gasteiger partial charge in [-0.15, -0.1) is 11.3 Å². The van der Waals surface area contributed by atoms with Crippen LogP contribution >= 0.6 is 11.3 Å². The summed E-state index contributed by atoms with van der Waals surface area (Å²) in [6.45, 7) is 1.63. The molecule has 2 N–H and O–H groups in total. The highest BCUT2D eigenvalue weighted by molar-refractivity contribution is 7.13. The summed E-state index contributed by atoms with van der Waals surface area (Å²) in [5.41, 5.74) is -0.714. The topological polar surface area (TPSA) is 88.5 Å². The van der Waals surface area contributed by atoms with Crippen LogP contribution in [0.1, 0.15) is 18.4 Å². The third-order valence-electron chi connectivity index (χ3n) is 3.31. The van der Waals surface area contributed by atoms with Crippen LogP contribution < -0.4 is 5.32 Å². The quantitative estimate of drug-likeness (QED) is 0.724. The van der Waals surface area contributed by atoms with Crippen molar-refractivity contribution in [3.8, 4) is 10.8 Å². The van der Waals surface area contributed by atoms with Crippen molar-refractivity contribution in [1.82, 2.24) is 10.3 Å². The Balaban J connectivity index is 1.56. The van der Waals surface area contributed by atoms with Gasteiger partial charge in [0.2, 0.25) is 11.8 Å². The molecule has 0 aliphatic rings. The van der Waals surface area contributed by atoms with E-state index in [0.717, 1.165) is 4.88 Å². The molecule has 0 saturated heterocycles. The highest BCUT2D eigenvalue weighted by atomic mass is 32.1. The SMILES string of the molecule is CC(O)(CNC(=O)Cc1coc(-c2cccs2)n1)c1ccco1. The summed E-state index contributed by atoms with van der Waals surface area (Å²) in [4.78, 5) is 17.2. The zero-order chi connectivity index (χ0) is 16.3. The summed E-state index contributed by atoms with van der Waals surface area (Å²) in [6, 6.07) is 7.17. The molecule has 3 aromatic heterocycles. The minimum atomic E-state index is -1.26. The summed E-state index contributed by atoms with van der Waals surface area (Å²) in [6.07, 6.45) is 3.04. The van der Waals surface area contributed by atoms with Crippen LogP contribution in [0.5, 0.6) is 0 Å². The van der Waals surface area contributed by atoms with Gasteiger partial charge in [0.15, 0.2) is 0 Å². The number of amides is 1. The minimum Gasteiger partial charge on any atom is -0.466 e. The first kappa shape index (κ1) is 15.5. The van der Waals surface area contributed by atoms with E-state index in [1.54, 1.807) is 19.1 Å². The van der Waals surface area contributed by atoms with E-state index in [0.29, 0.717) is 17.3 Å². The van der Waals surface area contributed by atoms with Gasteiger partial charge >= 0.3 is 0 Å². The molecule has 0 aliphatic carbocycles. The number of oxazole rings is 1. The van der Waals surface area contributed by atoms with E-state index in [1.807, 2.05) is 17.5 Å². The van der Waals surface area contributed by atoms with Crippen LogP contribution in [0.4, 0.5) is 0 Å². The van der Waals surface area contributed by atoms with Crippen molar-refractivity contribution in [2.24, 2.45) is 0 Å². The van der Waals surface area contributed by atoms with Gasteiger partial charge < -0.3 is 19.3 Å². The first-order valence-corrected chi connectivity index (χ1v) is 7.94. The average Bonchev–Trinajstić information content (AvgIpc) is 3.25. The Hall–Kier alpha value is -2.38. The lowest BCUT2D eigenvalue weighted by Gasteiger charge is -2.20. The standard InChI is InChI=1S/C16H16N2O4S/c1-16(20,13-5-2-6-21-13)10-17-14(19)8-11-9-22-15(18-11)12-4-3-7-23-12/h2-7,9,20H,8,10H2,1H3,(H,17,19). The molecule has 1 atom stereocenters. The van der Waals surface area contributed by atoms with E-state index >= 15 is 0 Å². The Morgan fingerprint density at radius 1 is 1.39 bits per heavy atom. The maximum Gasteiger partial charge on any atom is 0.236 e. The number of carbonyl (C=O) groups excluding carboxylic acids is 1. The van der Waals surface area contributed by atoms with Gasteiger partial charge in [-0.1, -0.05) is 6.07 Å². The normalized spacial score (nSPS) is 13.7. The van der Waals surface area contributed by atoms with Crippen LogP contribution in [0.15, 0.2) is 51.0 Å². The summed E-state index contributed by atoms with van der Waals surface area (Å²) in [5, 5.41) is 14.9. The van der Waals surface area contributed by atoms with E-state index in [1.165, 1.54) is 23.9 Å². The molecule has 0 aromatic carbocycles. The number of aromatic nitrogens is 1. The molecule has 0 aliphatic heterocycles. The molecule has 1 amide bonds. The Labute approximate surface area is 136 Å². The Kier molecular flexibility index (Phi) is 4.31. The van der Waals surface area contributed by atoms with Crippen molar-refractivity contribution in [2.45, 2.75) is 18.9 Å². The highest BCUT2D eigenvalue weighted by Crippen LogP contribution is 2.24. The van der Waals surface area contributed by atoms with Gasteiger partial charge in [0.05, 0.1) is 29.8 Å². The van der Waals surface area contributed by atoms with Crippen LogP contribution in [-0.4, -0.2) is 22.5 Å². The number of nitrogens with zero attached hydrogens (tertiary/aromatic N) is 1. The van der Waals surface area contributed by atoms with E-state index in [4.69, 9.17) is 8.83 Å². The van der Waals surface area contributed by atoms with Crippen molar-refractivity contribution < 1.29 is 18.7 Å². The molecule has 120 valence electrons. The zero-order valence-electron chi connectivity index (χ0n) is 12.5. The fourth-order valence-electron chi connectivity index (χ4n) is 2.07. The van der Waals surface area contributed by atoms with Crippen molar-refractivity contribution in [3.05, 3.63) is 53.6 Å². The number of hydrogen-bond acceptors (Lipinski definition) is 6. The molecule has 3 aromatic rings. The third-order valence-corrected chi connectivity index (χ3v) is 4.17. The van der Waals surface area contributed by atoms with Gasteiger partial charge in [-0.05, 0) is 30.5 Å². The Morgan fingerprint density at radius 2 is 2.26 bits per heavy atom. The van der Waals surface area contributed by atoms with E-state index in [9.17, 15) is 9.90 Å². The van der Waals surface area contributed by atoms with Crippen LogP contribution in [0.3, 0.4) is 0 Å². The monoisotopic (exact) mass is 332 g/mol. The lowest BCUT2D eigenvalue weighted by molar-refractivity contribution is -0.121. The van der Waals surface area contributed by atoms with Crippen LogP contribution in [0.25, 0.3) is 10.8 Å². The summed E-state index contributed by atoms with van der Waals surface area (Å²) in [7, 11) is 0. The summed E-state index contributed by atoms with van der Waals surface area (Å²) >= 11 is 1.52. The molecule has 3 rings (SSSR count). The van der Waals surface area contributed by atoms with Crippen molar-refractivity contribution in [1.29, 1.82) is 0 Å². The molecule has 0 saturated carbocycles. The first-order valence-electron chi connectivity index (χ1n) is 7.06. The summed E-state index contributed by atoms with van der Waals surface area (Å²) < 4.78 is 10.5. The molecule has 23 heavy (non-hydrogen) atoms. The van der Waals surface area contributed by atoms with Crippen LogP contribution in [-0.2, 0) is 16.8 Å². The minimum absolute atomic E-state index is 0.0506. The predicted molar refractivity (Wildman–Crippen MR) is 84.8 cm³/mol. The number of thiophene rings is 1. The number of furan rings is 1. The zero-order valence-corrected chi connectivity index (χ0v) is 13.3. The van der Waals surface area contributed by atoms with Gasteiger partial charge in [0, 0.05) is 0 Å². The molecule has 6 nitrogen and oxygen atoms in total. The molecule has 7 heteroatoms. The van der Waals surface area contributed by atoms with Gasteiger partial charge in [-0.25, -0.2) is 4.98 Å². The number of aliphatic hydroxyl groups is 1. The van der Waals surface area contributed by atoms with Crippen LogP contribution in [0.2, 0.25) is 0 Å². The highest BCUT2D eigenvalue weighted by Gasteiger charge is 2.26. The maximum atomic E-state index is 12.0. The number of nitrogens with one attached hydrogen (secondary N) is 1. The molecular weight excluding hydrogens is 316 g/mol. The molecule has 0 radical (unpaired) electrons. The molecule has 0 spiro atoms. The molecule has 0 fully saturated rings. The average molecular weight is 332 g/mol. The van der Waals surface area contributed by atoms with Crippen LogP contribution in [0, 0.1) is 0 Å². The fourth-order valence-corrected chi connectivity index (χ4v) is 2.73. The van der Waals surface area contributed by atoms with E-state index in [2.05, 4.69) is 10.3 Å². The molecule has 0 bridgehead atoms. The Morgan fingerprint density at radius 3 is 2.96 bits per heavy atom. The molecule has 3 heterocycles. The number of rotatable bonds is 6. The largest absolute Gasteiger partial charge is 0.466 e. The summed E-state index contributed by atoms with van der Waals surface area (Å²) in [5.74, 6) is 0.660. The number of carbonyl (C=O) groups is 1. The lowest BCUT2D eigenvalue weighted by Crippen LogP contribution is -2.39. The van der Waals surface area contributed by atoms with Gasteiger partial charge in [-0.2, -0.15) is 0 Å². The third kappa shape index (κ3) is 3.69. The Bertz CT molecular complexity index is 760. The molecular formula is C16H16N2O4S. The maximum absolute atomic E-state index is 12.0. The van der Waals surface area contributed by atoms with Crippen molar-refractivity contribution in [3.63, 3.8) is 0 Å². The second-order valence-corrected chi connectivity index (χ2v) is 6.27. The lowest BCUT2D eigenvalue weighted by atomic mass is 10.0. The second kappa shape index (κ2) is 6.39. The first-order chi connectivity index (χ1) is 11.0. The van der Waals surface area contributed by atoms with Crippen molar-refractivity contribution >= 4 is 17.2 Å². The molecule has 1 unspecified atom stereocenters. The predicted octanol–water partition coefficient (Wildman–Crippen LogP) is 2.56. The number of hydrogen-bond donors (Lipinski definition) is 2.